The zero-order valence-corrected chi connectivity index (χ0v) is 8.35. The van der Waals surface area contributed by atoms with Crippen molar-refractivity contribution in [2.24, 2.45) is 0 Å². The van der Waals surface area contributed by atoms with Gasteiger partial charge in [0.2, 0.25) is 0 Å². The van der Waals surface area contributed by atoms with E-state index >= 15 is 0 Å². The maximum atomic E-state index is 4.50. The molecule has 0 saturated carbocycles. The summed E-state index contributed by atoms with van der Waals surface area (Å²) in [6.07, 6.45) is 3.85. The second kappa shape index (κ2) is 3.05. The van der Waals surface area contributed by atoms with Crippen molar-refractivity contribution >= 4 is 5.70 Å². The summed E-state index contributed by atoms with van der Waals surface area (Å²) in [7, 11) is 0. The van der Waals surface area contributed by atoms with E-state index in [0.29, 0.717) is 0 Å². The lowest BCUT2D eigenvalue weighted by Gasteiger charge is -1.96. The van der Waals surface area contributed by atoms with Gasteiger partial charge in [0.1, 0.15) is 5.69 Å². The minimum Gasteiger partial charge on any atom is -0.255 e. The predicted molar refractivity (Wildman–Crippen MR) is 59.1 cm³/mol. The molecule has 1 aliphatic rings. The molecule has 0 saturated heterocycles. The molecule has 0 fully saturated rings. The predicted octanol–water partition coefficient (Wildman–Crippen LogP) is 2.36. The molecule has 0 aliphatic carbocycles. The number of fused-ring (bicyclic) bond motifs is 1. The van der Waals surface area contributed by atoms with Crippen molar-refractivity contribution in [2.45, 2.75) is 12.8 Å². The quantitative estimate of drug-likeness (QED) is 0.702. The SMILES string of the molecule is C=C1CCc2cc(-c3ccccn3)nn21. The number of rotatable bonds is 1. The number of hydrogen-bond acceptors (Lipinski definition) is 2. The summed E-state index contributed by atoms with van der Waals surface area (Å²) >= 11 is 0. The number of nitrogens with zero attached hydrogens (tertiary/aromatic N) is 3. The molecule has 0 spiro atoms. The first-order valence-corrected chi connectivity index (χ1v) is 5.03. The van der Waals surface area contributed by atoms with Crippen molar-refractivity contribution in [3.8, 4) is 11.4 Å². The fraction of sp³-hybridized carbons (Fsp3) is 0.167. The summed E-state index contributed by atoms with van der Waals surface area (Å²) in [5, 5.41) is 4.50. The lowest BCUT2D eigenvalue weighted by atomic mass is 10.2. The van der Waals surface area contributed by atoms with Crippen LogP contribution in [0.3, 0.4) is 0 Å². The van der Waals surface area contributed by atoms with Crippen LogP contribution in [0.25, 0.3) is 17.1 Å². The second-order valence-electron chi connectivity index (χ2n) is 3.71. The molecule has 3 heterocycles. The van der Waals surface area contributed by atoms with E-state index in [-0.39, 0.29) is 0 Å². The molecule has 2 aromatic rings. The van der Waals surface area contributed by atoms with Gasteiger partial charge in [0.25, 0.3) is 0 Å². The summed E-state index contributed by atoms with van der Waals surface area (Å²) in [5.41, 5.74) is 4.17. The average molecular weight is 197 g/mol. The van der Waals surface area contributed by atoms with Gasteiger partial charge >= 0.3 is 0 Å². The molecule has 3 heteroatoms. The first kappa shape index (κ1) is 8.41. The van der Waals surface area contributed by atoms with Crippen molar-refractivity contribution in [1.82, 2.24) is 14.8 Å². The molecule has 0 atom stereocenters. The number of hydrogen-bond donors (Lipinski definition) is 0. The van der Waals surface area contributed by atoms with Gasteiger partial charge in [-0.1, -0.05) is 12.6 Å². The van der Waals surface area contributed by atoms with Gasteiger partial charge in [-0.05, 0) is 31.0 Å². The van der Waals surface area contributed by atoms with Crippen LogP contribution in [0.15, 0.2) is 37.0 Å². The van der Waals surface area contributed by atoms with Crippen molar-refractivity contribution in [3.05, 3.63) is 42.7 Å². The van der Waals surface area contributed by atoms with Gasteiger partial charge in [-0.15, -0.1) is 0 Å². The molecule has 0 bridgehead atoms. The van der Waals surface area contributed by atoms with Crippen LogP contribution in [0, 0.1) is 0 Å². The second-order valence-corrected chi connectivity index (χ2v) is 3.71. The highest BCUT2D eigenvalue weighted by Crippen LogP contribution is 2.26. The first-order chi connectivity index (χ1) is 7.34. The Morgan fingerprint density at radius 3 is 2.87 bits per heavy atom. The lowest BCUT2D eigenvalue weighted by Crippen LogP contribution is -1.93. The largest absolute Gasteiger partial charge is 0.255 e. The van der Waals surface area contributed by atoms with Gasteiger partial charge in [-0.25, -0.2) is 4.68 Å². The minimum atomic E-state index is 0.923. The van der Waals surface area contributed by atoms with Crippen molar-refractivity contribution in [3.63, 3.8) is 0 Å². The lowest BCUT2D eigenvalue weighted by molar-refractivity contribution is 0.900. The number of aromatic nitrogens is 3. The molecular formula is C12H11N3. The molecular weight excluding hydrogens is 186 g/mol. The molecule has 0 aromatic carbocycles. The normalized spacial score (nSPS) is 14.3. The van der Waals surface area contributed by atoms with E-state index in [1.807, 2.05) is 22.9 Å². The van der Waals surface area contributed by atoms with Gasteiger partial charge in [-0.3, -0.25) is 4.98 Å². The number of aryl methyl sites for hydroxylation is 1. The fourth-order valence-electron chi connectivity index (χ4n) is 1.89. The highest BCUT2D eigenvalue weighted by Gasteiger charge is 2.17. The molecule has 3 rings (SSSR count). The van der Waals surface area contributed by atoms with Crippen LogP contribution in [-0.4, -0.2) is 14.8 Å². The summed E-state index contributed by atoms with van der Waals surface area (Å²) in [6.45, 7) is 3.98. The molecule has 0 radical (unpaired) electrons. The minimum absolute atomic E-state index is 0.923. The van der Waals surface area contributed by atoms with Crippen molar-refractivity contribution in [1.29, 1.82) is 0 Å². The molecule has 3 nitrogen and oxygen atoms in total. The van der Waals surface area contributed by atoms with E-state index in [1.165, 1.54) is 5.69 Å². The van der Waals surface area contributed by atoms with Crippen LogP contribution in [-0.2, 0) is 6.42 Å². The first-order valence-electron chi connectivity index (χ1n) is 5.03. The van der Waals surface area contributed by atoms with E-state index in [9.17, 15) is 0 Å². The summed E-state index contributed by atoms with van der Waals surface area (Å²) < 4.78 is 1.93. The van der Waals surface area contributed by atoms with Crippen molar-refractivity contribution < 1.29 is 0 Å². The standard InChI is InChI=1S/C12H11N3/c1-9-5-6-10-8-12(14-15(9)10)11-4-2-3-7-13-11/h2-4,7-8H,1,5-6H2. The Balaban J connectivity index is 2.09. The van der Waals surface area contributed by atoms with Crippen LogP contribution in [0.2, 0.25) is 0 Å². The molecule has 0 amide bonds. The van der Waals surface area contributed by atoms with Crippen LogP contribution >= 0.6 is 0 Å². The van der Waals surface area contributed by atoms with Crippen molar-refractivity contribution in [2.75, 3.05) is 0 Å². The fourth-order valence-corrected chi connectivity index (χ4v) is 1.89. The maximum absolute atomic E-state index is 4.50. The molecule has 1 aliphatic heterocycles. The average Bonchev–Trinajstić information content (AvgIpc) is 2.83. The smallest absolute Gasteiger partial charge is 0.111 e. The molecule has 0 N–H and O–H groups in total. The summed E-state index contributed by atoms with van der Waals surface area (Å²) in [6, 6.07) is 7.95. The van der Waals surface area contributed by atoms with Gasteiger partial charge in [0.05, 0.1) is 5.69 Å². The Bertz CT molecular complexity index is 511. The van der Waals surface area contributed by atoms with Gasteiger partial charge in [0.15, 0.2) is 0 Å². The zero-order chi connectivity index (χ0) is 10.3. The van der Waals surface area contributed by atoms with E-state index in [1.54, 1.807) is 6.20 Å². The maximum Gasteiger partial charge on any atom is 0.111 e. The Kier molecular flexibility index (Phi) is 1.71. The number of allylic oxidation sites excluding steroid dienone is 1. The van der Waals surface area contributed by atoms with Gasteiger partial charge < -0.3 is 0 Å². The van der Waals surface area contributed by atoms with Crippen LogP contribution in [0.5, 0.6) is 0 Å². The Morgan fingerprint density at radius 1 is 1.20 bits per heavy atom. The molecule has 2 aromatic heterocycles. The van der Waals surface area contributed by atoms with E-state index in [4.69, 9.17) is 0 Å². The molecule has 15 heavy (non-hydrogen) atoms. The molecule has 0 unspecified atom stereocenters. The van der Waals surface area contributed by atoms with Gasteiger partial charge in [0, 0.05) is 17.6 Å². The van der Waals surface area contributed by atoms with E-state index in [0.717, 1.165) is 29.9 Å². The topological polar surface area (TPSA) is 30.7 Å². The van der Waals surface area contributed by atoms with Crippen LogP contribution in [0.1, 0.15) is 12.1 Å². The van der Waals surface area contributed by atoms with Crippen LogP contribution in [0.4, 0.5) is 0 Å². The Morgan fingerprint density at radius 2 is 2.13 bits per heavy atom. The summed E-state index contributed by atoms with van der Waals surface area (Å²) in [5.74, 6) is 0. The third-order valence-corrected chi connectivity index (χ3v) is 2.68. The third-order valence-electron chi connectivity index (χ3n) is 2.68. The third kappa shape index (κ3) is 1.28. The zero-order valence-electron chi connectivity index (χ0n) is 8.35. The monoisotopic (exact) mass is 197 g/mol. The number of pyridine rings is 1. The Hall–Kier alpha value is -1.90. The van der Waals surface area contributed by atoms with Gasteiger partial charge in [-0.2, -0.15) is 5.10 Å². The van der Waals surface area contributed by atoms with Crippen LogP contribution < -0.4 is 0 Å². The Labute approximate surface area is 88.1 Å². The van der Waals surface area contributed by atoms with E-state index < -0.39 is 0 Å². The summed E-state index contributed by atoms with van der Waals surface area (Å²) in [4.78, 5) is 4.28. The van der Waals surface area contributed by atoms with E-state index in [2.05, 4.69) is 22.7 Å². The highest BCUT2D eigenvalue weighted by molar-refractivity contribution is 5.58. The molecule has 74 valence electrons. The highest BCUT2D eigenvalue weighted by atomic mass is 15.3.